The molecule has 0 spiro atoms. The van der Waals surface area contributed by atoms with Gasteiger partial charge in [-0.1, -0.05) is 29.8 Å². The number of carbonyl (C=O) groups is 1. The lowest BCUT2D eigenvalue weighted by Gasteiger charge is -2.25. The molecule has 0 aromatic heterocycles. The minimum atomic E-state index is -0.918. The van der Waals surface area contributed by atoms with Crippen molar-refractivity contribution in [2.75, 3.05) is 32.6 Å². The standard InChI is InChI=1S/C16H26N2O2S/c1-12-5-7-13(8-6-12)14(18(2)3)11-17-16(20)15(19)9-10-21-4/h5-8,14-15,19H,9-11H2,1-4H3,(H,17,20)/t14-,15-/m0/s1. The second kappa shape index (κ2) is 9.07. The number of likely N-dealkylation sites (N-methyl/N-ethyl adjacent to an activating group) is 1. The Morgan fingerprint density at radius 1 is 1.33 bits per heavy atom. The van der Waals surface area contributed by atoms with Gasteiger partial charge in [-0.2, -0.15) is 11.8 Å². The number of rotatable bonds is 8. The molecule has 1 aromatic rings. The molecule has 0 saturated carbocycles. The number of aryl methyl sites for hydroxylation is 1. The molecule has 118 valence electrons. The summed E-state index contributed by atoms with van der Waals surface area (Å²) in [7, 11) is 3.97. The molecule has 0 heterocycles. The van der Waals surface area contributed by atoms with Gasteiger partial charge in [-0.25, -0.2) is 0 Å². The fourth-order valence-corrected chi connectivity index (χ4v) is 2.52. The summed E-state index contributed by atoms with van der Waals surface area (Å²) < 4.78 is 0. The third kappa shape index (κ3) is 6.08. The first-order valence-corrected chi connectivity index (χ1v) is 8.52. The van der Waals surface area contributed by atoms with Crippen LogP contribution in [0, 0.1) is 6.92 Å². The number of amides is 1. The number of thioether (sulfide) groups is 1. The van der Waals surface area contributed by atoms with E-state index >= 15 is 0 Å². The van der Waals surface area contributed by atoms with E-state index in [1.54, 1.807) is 11.8 Å². The topological polar surface area (TPSA) is 52.6 Å². The molecule has 5 heteroatoms. The van der Waals surface area contributed by atoms with Gasteiger partial charge in [0.2, 0.25) is 5.91 Å². The van der Waals surface area contributed by atoms with Crippen molar-refractivity contribution in [3.63, 3.8) is 0 Å². The molecular formula is C16H26N2O2S. The molecule has 0 saturated heterocycles. The highest BCUT2D eigenvalue weighted by Gasteiger charge is 2.18. The van der Waals surface area contributed by atoms with Crippen molar-refractivity contribution < 1.29 is 9.90 Å². The van der Waals surface area contributed by atoms with Gasteiger partial charge in [-0.3, -0.25) is 4.79 Å². The Morgan fingerprint density at radius 3 is 2.48 bits per heavy atom. The Morgan fingerprint density at radius 2 is 1.95 bits per heavy atom. The third-order valence-electron chi connectivity index (χ3n) is 3.45. The zero-order chi connectivity index (χ0) is 15.8. The van der Waals surface area contributed by atoms with Gasteiger partial charge in [0, 0.05) is 6.54 Å². The van der Waals surface area contributed by atoms with E-state index in [0.29, 0.717) is 13.0 Å². The minimum Gasteiger partial charge on any atom is -0.383 e. The van der Waals surface area contributed by atoms with E-state index in [-0.39, 0.29) is 11.9 Å². The van der Waals surface area contributed by atoms with Crippen LogP contribution in [-0.4, -0.2) is 54.7 Å². The zero-order valence-corrected chi connectivity index (χ0v) is 14.1. The highest BCUT2D eigenvalue weighted by Crippen LogP contribution is 2.18. The summed E-state index contributed by atoms with van der Waals surface area (Å²) in [6.45, 7) is 2.55. The Labute approximate surface area is 131 Å². The van der Waals surface area contributed by atoms with Gasteiger partial charge in [0.25, 0.3) is 0 Å². The van der Waals surface area contributed by atoms with E-state index in [0.717, 1.165) is 11.3 Å². The lowest BCUT2D eigenvalue weighted by molar-refractivity contribution is -0.129. The maximum absolute atomic E-state index is 11.9. The minimum absolute atomic E-state index is 0.0994. The van der Waals surface area contributed by atoms with Crippen molar-refractivity contribution in [3.05, 3.63) is 35.4 Å². The van der Waals surface area contributed by atoms with Crippen LogP contribution in [0.25, 0.3) is 0 Å². The fourth-order valence-electron chi connectivity index (χ4n) is 2.06. The van der Waals surface area contributed by atoms with Crippen molar-refractivity contribution >= 4 is 17.7 Å². The molecule has 1 rings (SSSR count). The SMILES string of the molecule is CSCC[C@H](O)C(=O)NC[C@@H](c1ccc(C)cc1)N(C)C. The monoisotopic (exact) mass is 310 g/mol. The molecule has 21 heavy (non-hydrogen) atoms. The third-order valence-corrected chi connectivity index (χ3v) is 4.10. The number of hydrogen-bond acceptors (Lipinski definition) is 4. The number of nitrogens with one attached hydrogen (secondary N) is 1. The van der Waals surface area contributed by atoms with Gasteiger partial charge in [0.15, 0.2) is 0 Å². The van der Waals surface area contributed by atoms with Crippen LogP contribution >= 0.6 is 11.8 Å². The summed E-state index contributed by atoms with van der Waals surface area (Å²) in [6, 6.07) is 8.40. The number of carbonyl (C=O) groups excluding carboxylic acids is 1. The van der Waals surface area contributed by atoms with Crippen molar-refractivity contribution in [1.82, 2.24) is 10.2 Å². The van der Waals surface area contributed by atoms with Gasteiger partial charge in [-0.15, -0.1) is 0 Å². The lowest BCUT2D eigenvalue weighted by Crippen LogP contribution is -2.40. The van der Waals surface area contributed by atoms with E-state index in [1.165, 1.54) is 5.56 Å². The first kappa shape index (κ1) is 18.0. The summed E-state index contributed by atoms with van der Waals surface area (Å²) >= 11 is 1.63. The number of hydrogen-bond donors (Lipinski definition) is 2. The molecule has 0 unspecified atom stereocenters. The molecule has 1 amide bonds. The lowest BCUT2D eigenvalue weighted by atomic mass is 10.0. The number of nitrogens with zero attached hydrogens (tertiary/aromatic N) is 1. The van der Waals surface area contributed by atoms with Crippen LogP contribution < -0.4 is 5.32 Å². The molecule has 1 aromatic carbocycles. The van der Waals surface area contributed by atoms with Crippen molar-refractivity contribution in [2.45, 2.75) is 25.5 Å². The first-order valence-electron chi connectivity index (χ1n) is 7.13. The second-order valence-electron chi connectivity index (χ2n) is 5.43. The summed E-state index contributed by atoms with van der Waals surface area (Å²) in [5.74, 6) is 0.493. The molecular weight excluding hydrogens is 284 g/mol. The van der Waals surface area contributed by atoms with E-state index in [1.807, 2.05) is 20.4 Å². The van der Waals surface area contributed by atoms with E-state index in [2.05, 4.69) is 41.4 Å². The number of aliphatic hydroxyl groups excluding tert-OH is 1. The Hall–Kier alpha value is -1.04. The normalized spacial score (nSPS) is 14.0. The number of aliphatic hydroxyl groups is 1. The van der Waals surface area contributed by atoms with Gasteiger partial charge >= 0.3 is 0 Å². The largest absolute Gasteiger partial charge is 0.383 e. The highest BCUT2D eigenvalue weighted by atomic mass is 32.2. The highest BCUT2D eigenvalue weighted by molar-refractivity contribution is 7.98. The number of benzene rings is 1. The summed E-state index contributed by atoms with van der Waals surface area (Å²) in [5.41, 5.74) is 2.37. The second-order valence-corrected chi connectivity index (χ2v) is 6.42. The van der Waals surface area contributed by atoms with Gasteiger partial charge < -0.3 is 15.3 Å². The van der Waals surface area contributed by atoms with Crippen molar-refractivity contribution in [3.8, 4) is 0 Å². The summed E-state index contributed by atoms with van der Waals surface area (Å²) in [4.78, 5) is 13.9. The molecule has 4 nitrogen and oxygen atoms in total. The average molecular weight is 310 g/mol. The first-order chi connectivity index (χ1) is 9.95. The van der Waals surface area contributed by atoms with E-state index in [9.17, 15) is 9.90 Å². The van der Waals surface area contributed by atoms with Crippen molar-refractivity contribution in [1.29, 1.82) is 0 Å². The van der Waals surface area contributed by atoms with Crippen LogP contribution in [0.2, 0.25) is 0 Å². The fraction of sp³-hybridized carbons (Fsp3) is 0.562. The van der Waals surface area contributed by atoms with Crippen LogP contribution in [0.4, 0.5) is 0 Å². The quantitative estimate of drug-likeness (QED) is 0.769. The molecule has 2 N–H and O–H groups in total. The van der Waals surface area contributed by atoms with Crippen LogP contribution in [0.1, 0.15) is 23.6 Å². The predicted octanol–water partition coefficient (Wildman–Crippen LogP) is 1.83. The van der Waals surface area contributed by atoms with Crippen LogP contribution in [0.15, 0.2) is 24.3 Å². The molecule has 2 atom stereocenters. The molecule has 0 aliphatic rings. The van der Waals surface area contributed by atoms with Crippen molar-refractivity contribution in [2.24, 2.45) is 0 Å². The molecule has 0 fully saturated rings. The van der Waals surface area contributed by atoms with E-state index < -0.39 is 6.10 Å². The molecule has 0 bridgehead atoms. The van der Waals surface area contributed by atoms with Crippen LogP contribution in [-0.2, 0) is 4.79 Å². The van der Waals surface area contributed by atoms with Gasteiger partial charge in [0.05, 0.1) is 6.04 Å². The predicted molar refractivity (Wildman–Crippen MR) is 89.6 cm³/mol. The Kier molecular flexibility index (Phi) is 7.78. The smallest absolute Gasteiger partial charge is 0.248 e. The zero-order valence-electron chi connectivity index (χ0n) is 13.3. The van der Waals surface area contributed by atoms with E-state index in [4.69, 9.17) is 0 Å². The molecule has 0 aliphatic carbocycles. The molecule has 0 aliphatic heterocycles. The average Bonchev–Trinajstić information content (AvgIpc) is 2.46. The maximum atomic E-state index is 11.9. The van der Waals surface area contributed by atoms with Gasteiger partial charge in [0.1, 0.15) is 6.10 Å². The summed E-state index contributed by atoms with van der Waals surface area (Å²) in [6.07, 6.45) is 1.53. The maximum Gasteiger partial charge on any atom is 0.248 e. The van der Waals surface area contributed by atoms with Gasteiger partial charge in [-0.05, 0) is 45.0 Å². The Balaban J connectivity index is 2.59. The Bertz CT molecular complexity index is 434. The molecule has 0 radical (unpaired) electrons. The summed E-state index contributed by atoms with van der Waals surface area (Å²) in [5, 5.41) is 12.6. The van der Waals surface area contributed by atoms with Crippen LogP contribution in [0.5, 0.6) is 0 Å². The van der Waals surface area contributed by atoms with Crippen LogP contribution in [0.3, 0.4) is 0 Å².